The van der Waals surface area contributed by atoms with E-state index in [-0.39, 0.29) is 0 Å². The first-order valence-electron chi connectivity index (χ1n) is 10.6. The molecule has 3 aromatic carbocycles. The summed E-state index contributed by atoms with van der Waals surface area (Å²) in [5, 5.41) is 12.4. The molecule has 0 radical (unpaired) electrons. The van der Waals surface area contributed by atoms with Crippen LogP contribution in [0.1, 0.15) is 17.0 Å². The molecule has 160 valence electrons. The van der Waals surface area contributed by atoms with Crippen LogP contribution in [-0.4, -0.2) is 23.2 Å². The quantitative estimate of drug-likeness (QED) is 0.342. The molecule has 0 aliphatic carbocycles. The molecule has 0 fully saturated rings. The lowest BCUT2D eigenvalue weighted by Crippen LogP contribution is -2.00. The summed E-state index contributed by atoms with van der Waals surface area (Å²) in [5.74, 6) is 0.752. The van der Waals surface area contributed by atoms with Gasteiger partial charge in [0, 0.05) is 41.1 Å². The lowest BCUT2D eigenvalue weighted by atomic mass is 10.0. The molecule has 0 spiro atoms. The van der Waals surface area contributed by atoms with Crippen LogP contribution in [0.3, 0.4) is 0 Å². The van der Waals surface area contributed by atoms with Gasteiger partial charge in [0.2, 0.25) is 6.41 Å². The molecule has 1 amide bonds. The fourth-order valence-electron chi connectivity index (χ4n) is 4.53. The van der Waals surface area contributed by atoms with Crippen molar-refractivity contribution < 1.29 is 9.32 Å². The van der Waals surface area contributed by atoms with Crippen molar-refractivity contribution in [3.05, 3.63) is 77.7 Å². The van der Waals surface area contributed by atoms with Gasteiger partial charge in [-0.2, -0.15) is 0 Å². The van der Waals surface area contributed by atoms with Crippen LogP contribution >= 0.6 is 0 Å². The topological polar surface area (TPSA) is 72.1 Å². The number of hydrogen-bond acceptors (Lipinski definition) is 4. The molecule has 5 aromatic rings. The predicted molar refractivity (Wildman–Crippen MR) is 129 cm³/mol. The fraction of sp³-hybridized carbons (Fsp3) is 0.154. The number of carbonyl (C=O) groups excluding carboxylic acids is 1. The molecule has 0 unspecified atom stereocenters. The van der Waals surface area contributed by atoms with Crippen LogP contribution in [0.4, 0.5) is 11.4 Å². The van der Waals surface area contributed by atoms with Crippen molar-refractivity contribution in [2.45, 2.75) is 20.4 Å². The van der Waals surface area contributed by atoms with E-state index in [9.17, 15) is 4.79 Å². The minimum absolute atomic E-state index is 0.714. The van der Waals surface area contributed by atoms with Crippen molar-refractivity contribution in [1.82, 2.24) is 9.72 Å². The normalized spacial score (nSPS) is 11.2. The third-order valence-electron chi connectivity index (χ3n) is 5.97. The van der Waals surface area contributed by atoms with Crippen LogP contribution in [0.5, 0.6) is 0 Å². The van der Waals surface area contributed by atoms with Crippen molar-refractivity contribution in [3.63, 3.8) is 0 Å². The van der Waals surface area contributed by atoms with Gasteiger partial charge in [-0.05, 0) is 55.3 Å². The lowest BCUT2D eigenvalue weighted by molar-refractivity contribution is -0.105. The maximum atomic E-state index is 11.5. The Morgan fingerprint density at radius 3 is 2.53 bits per heavy atom. The average Bonchev–Trinajstić information content (AvgIpc) is 3.30. The van der Waals surface area contributed by atoms with Crippen LogP contribution < -0.4 is 10.6 Å². The first-order valence-corrected chi connectivity index (χ1v) is 10.6. The number of aryl methyl sites for hydroxylation is 2. The highest BCUT2D eigenvalue weighted by molar-refractivity contribution is 6.17. The molecule has 2 heterocycles. The van der Waals surface area contributed by atoms with Crippen LogP contribution in [0.15, 0.2) is 65.2 Å². The highest BCUT2D eigenvalue weighted by atomic mass is 16.5. The van der Waals surface area contributed by atoms with Gasteiger partial charge in [-0.25, -0.2) is 0 Å². The van der Waals surface area contributed by atoms with Gasteiger partial charge >= 0.3 is 0 Å². The van der Waals surface area contributed by atoms with E-state index in [1.807, 2.05) is 33.0 Å². The summed E-state index contributed by atoms with van der Waals surface area (Å²) in [6.45, 7) is 4.55. The Morgan fingerprint density at radius 1 is 1.03 bits per heavy atom. The Bertz CT molecular complexity index is 1430. The van der Waals surface area contributed by atoms with Gasteiger partial charge in [0.15, 0.2) is 0 Å². The van der Waals surface area contributed by atoms with E-state index in [1.54, 1.807) is 0 Å². The van der Waals surface area contributed by atoms with E-state index in [0.717, 1.165) is 62.2 Å². The number of fused-ring (bicyclic) bond motifs is 3. The Kier molecular flexibility index (Phi) is 4.90. The van der Waals surface area contributed by atoms with E-state index < -0.39 is 0 Å². The number of rotatable bonds is 6. The van der Waals surface area contributed by atoms with E-state index in [1.165, 1.54) is 5.56 Å². The summed E-state index contributed by atoms with van der Waals surface area (Å²) < 4.78 is 7.72. The zero-order chi connectivity index (χ0) is 22.2. The first-order chi connectivity index (χ1) is 15.6. The average molecular weight is 425 g/mol. The van der Waals surface area contributed by atoms with Crippen molar-refractivity contribution in [2.24, 2.45) is 0 Å². The number of nitrogens with zero attached hydrogens (tertiary/aromatic N) is 2. The van der Waals surface area contributed by atoms with Gasteiger partial charge in [-0.1, -0.05) is 35.5 Å². The molecule has 6 heteroatoms. The Morgan fingerprint density at radius 2 is 1.84 bits per heavy atom. The molecule has 0 saturated carbocycles. The van der Waals surface area contributed by atoms with Crippen molar-refractivity contribution in [2.75, 3.05) is 17.7 Å². The van der Waals surface area contributed by atoms with Crippen LogP contribution in [0, 0.1) is 13.8 Å². The second-order valence-electron chi connectivity index (χ2n) is 7.93. The number of benzene rings is 3. The third-order valence-corrected chi connectivity index (χ3v) is 5.97. The molecule has 0 bridgehead atoms. The minimum atomic E-state index is 0.714. The fourth-order valence-corrected chi connectivity index (χ4v) is 4.53. The minimum Gasteiger partial charge on any atom is -0.388 e. The number of carbonyl (C=O) groups is 1. The third kappa shape index (κ3) is 3.21. The molecule has 0 aliphatic rings. The number of nitrogens with one attached hydrogen (secondary N) is 2. The number of anilines is 2. The summed E-state index contributed by atoms with van der Waals surface area (Å²) in [4.78, 5) is 11.5. The molecule has 0 atom stereocenters. The van der Waals surface area contributed by atoms with Crippen molar-refractivity contribution in [3.8, 4) is 11.1 Å². The van der Waals surface area contributed by atoms with E-state index in [4.69, 9.17) is 4.52 Å². The molecule has 0 aliphatic heterocycles. The van der Waals surface area contributed by atoms with Crippen molar-refractivity contribution in [1.29, 1.82) is 0 Å². The highest BCUT2D eigenvalue weighted by Gasteiger charge is 2.19. The molecule has 2 N–H and O–H groups in total. The summed E-state index contributed by atoms with van der Waals surface area (Å²) in [5.41, 5.74) is 7.86. The molecule has 0 saturated heterocycles. The van der Waals surface area contributed by atoms with E-state index in [0.29, 0.717) is 6.54 Å². The summed E-state index contributed by atoms with van der Waals surface area (Å²) >= 11 is 0. The first kappa shape index (κ1) is 19.9. The van der Waals surface area contributed by atoms with Gasteiger partial charge in [-0.15, -0.1) is 0 Å². The Labute approximate surface area is 185 Å². The number of hydrogen-bond donors (Lipinski definition) is 2. The van der Waals surface area contributed by atoms with Gasteiger partial charge < -0.3 is 19.7 Å². The maximum absolute atomic E-state index is 11.5. The van der Waals surface area contributed by atoms with Crippen LogP contribution in [0.25, 0.3) is 32.9 Å². The molecular formula is C26H24N4O2. The van der Waals surface area contributed by atoms with Gasteiger partial charge in [-0.3, -0.25) is 4.79 Å². The Hall–Kier alpha value is -4.06. The summed E-state index contributed by atoms with van der Waals surface area (Å²) in [6.07, 6.45) is 0.730. The SMILES string of the molecule is CNc1ccc2c(c1)c1c(NC=O)cc(-c3c(C)noc3C)cc1n2Cc1ccccc1. The summed E-state index contributed by atoms with van der Waals surface area (Å²) in [6, 6.07) is 20.9. The van der Waals surface area contributed by atoms with Gasteiger partial charge in [0.05, 0.1) is 16.9 Å². The van der Waals surface area contributed by atoms with Crippen LogP contribution in [-0.2, 0) is 11.3 Å². The monoisotopic (exact) mass is 424 g/mol. The van der Waals surface area contributed by atoms with Crippen molar-refractivity contribution >= 4 is 39.6 Å². The standard InChI is InChI=1S/C26H24N4O2/c1-16-25(17(2)32-29-16)19-11-22(28-15-31)26-21-13-20(27-3)9-10-23(21)30(24(26)12-19)14-18-7-5-4-6-8-18/h4-13,15,27H,14H2,1-3H3,(H,28,31). The zero-order valence-corrected chi connectivity index (χ0v) is 18.3. The van der Waals surface area contributed by atoms with Crippen LogP contribution in [0.2, 0.25) is 0 Å². The molecule has 5 rings (SSSR count). The lowest BCUT2D eigenvalue weighted by Gasteiger charge is -2.11. The molecular weight excluding hydrogens is 400 g/mol. The van der Waals surface area contributed by atoms with Gasteiger partial charge in [0.25, 0.3) is 0 Å². The Balaban J connectivity index is 1.87. The number of aromatic nitrogens is 2. The smallest absolute Gasteiger partial charge is 0.211 e. The summed E-state index contributed by atoms with van der Waals surface area (Å²) in [7, 11) is 1.91. The second-order valence-corrected chi connectivity index (χ2v) is 7.93. The molecule has 32 heavy (non-hydrogen) atoms. The second kappa shape index (κ2) is 7.89. The molecule has 6 nitrogen and oxygen atoms in total. The van der Waals surface area contributed by atoms with E-state index in [2.05, 4.69) is 68.9 Å². The largest absolute Gasteiger partial charge is 0.388 e. The number of amides is 1. The molecule has 2 aromatic heterocycles. The maximum Gasteiger partial charge on any atom is 0.211 e. The highest BCUT2D eigenvalue weighted by Crippen LogP contribution is 2.40. The van der Waals surface area contributed by atoms with Gasteiger partial charge in [0.1, 0.15) is 5.76 Å². The predicted octanol–water partition coefficient (Wildman–Crippen LogP) is 5.72. The zero-order valence-electron chi connectivity index (χ0n) is 18.3. The van der Waals surface area contributed by atoms with E-state index >= 15 is 0 Å².